The zero-order valence-corrected chi connectivity index (χ0v) is 11.5. The number of hydrogen-bond donors (Lipinski definition) is 0. The number of ether oxygens (including phenoxy) is 1. The second-order valence-electron chi connectivity index (χ2n) is 6.34. The molecule has 1 fully saturated rings. The maximum atomic E-state index is 10.8. The highest BCUT2D eigenvalue weighted by Crippen LogP contribution is 2.60. The van der Waals surface area contributed by atoms with Crippen LogP contribution >= 0.6 is 0 Å². The number of rotatable bonds is 2. The van der Waals surface area contributed by atoms with Gasteiger partial charge in [-0.25, -0.2) is 0 Å². The van der Waals surface area contributed by atoms with Gasteiger partial charge < -0.3 is 4.74 Å². The quantitative estimate of drug-likeness (QED) is 0.539. The van der Waals surface area contributed by atoms with Crippen molar-refractivity contribution >= 4 is 6.47 Å². The van der Waals surface area contributed by atoms with E-state index in [2.05, 4.69) is 33.8 Å². The van der Waals surface area contributed by atoms with E-state index < -0.39 is 0 Å². The zero-order chi connectivity index (χ0) is 12.7. The molecule has 1 saturated carbocycles. The van der Waals surface area contributed by atoms with Gasteiger partial charge in [-0.15, -0.1) is 0 Å². The van der Waals surface area contributed by atoms with Gasteiger partial charge in [0, 0.05) is 5.41 Å². The van der Waals surface area contributed by atoms with Gasteiger partial charge in [0.15, 0.2) is 0 Å². The van der Waals surface area contributed by atoms with Crippen LogP contribution in [0.2, 0.25) is 0 Å². The van der Waals surface area contributed by atoms with E-state index in [0.717, 1.165) is 19.3 Å². The smallest absolute Gasteiger partial charge is 0.293 e. The largest absolute Gasteiger partial charge is 0.464 e. The minimum atomic E-state index is 0.0717. The van der Waals surface area contributed by atoms with E-state index in [0.29, 0.717) is 12.4 Å². The maximum absolute atomic E-state index is 10.8. The number of fused-ring (bicyclic) bond motifs is 1. The first kappa shape index (κ1) is 12.7. The Kier molecular flexibility index (Phi) is 3.09. The van der Waals surface area contributed by atoms with Crippen molar-refractivity contribution in [2.45, 2.75) is 59.5 Å². The summed E-state index contributed by atoms with van der Waals surface area (Å²) < 4.78 is 5.47. The Labute approximate surface area is 104 Å². The molecule has 0 aromatic heterocycles. The highest BCUT2D eigenvalue weighted by molar-refractivity contribution is 5.38. The molecule has 2 rings (SSSR count). The van der Waals surface area contributed by atoms with E-state index in [1.54, 1.807) is 0 Å². The number of carbonyl (C=O) groups is 1. The lowest BCUT2D eigenvalue weighted by Crippen LogP contribution is -2.55. The summed E-state index contributed by atoms with van der Waals surface area (Å²) in [4.78, 5) is 10.8. The predicted molar refractivity (Wildman–Crippen MR) is 68.5 cm³/mol. The van der Waals surface area contributed by atoms with Crippen molar-refractivity contribution in [3.05, 3.63) is 11.6 Å². The third-order valence-corrected chi connectivity index (χ3v) is 5.69. The third kappa shape index (κ3) is 1.64. The Morgan fingerprint density at radius 2 is 2.12 bits per heavy atom. The summed E-state index contributed by atoms with van der Waals surface area (Å²) in [7, 11) is 0. The first-order valence-electron chi connectivity index (χ1n) is 6.72. The number of carbonyl (C=O) groups excluding carboxylic acids is 1. The monoisotopic (exact) mass is 236 g/mol. The minimum absolute atomic E-state index is 0.0717. The average Bonchev–Trinajstić information content (AvgIpc) is 2.29. The van der Waals surface area contributed by atoms with Crippen LogP contribution in [0.1, 0.15) is 53.4 Å². The van der Waals surface area contributed by atoms with Crippen molar-refractivity contribution in [2.75, 3.05) is 0 Å². The van der Waals surface area contributed by atoms with Crippen LogP contribution in [0, 0.1) is 16.7 Å². The van der Waals surface area contributed by atoms with Crippen molar-refractivity contribution in [1.82, 2.24) is 0 Å². The molecule has 0 aromatic rings. The van der Waals surface area contributed by atoms with Crippen LogP contribution in [-0.4, -0.2) is 12.6 Å². The standard InChI is InChI=1S/C15H24O2/c1-11-7-9-14(3)12(2)6-5-8-15(14,4)13(11)17-10-16/h6,10-11,13H,5,7-9H2,1-4H3/t11-,13-,14+,15-/m1/s1. The topological polar surface area (TPSA) is 26.3 Å². The van der Waals surface area contributed by atoms with Gasteiger partial charge in [0.2, 0.25) is 0 Å². The number of hydrogen-bond acceptors (Lipinski definition) is 2. The Balaban J connectivity index is 2.42. The molecule has 2 aliphatic carbocycles. The molecule has 0 aromatic carbocycles. The Morgan fingerprint density at radius 1 is 1.41 bits per heavy atom. The van der Waals surface area contributed by atoms with Crippen LogP contribution in [0.4, 0.5) is 0 Å². The molecule has 0 unspecified atom stereocenters. The second kappa shape index (κ2) is 4.15. The lowest BCUT2D eigenvalue weighted by molar-refractivity contribution is -0.164. The summed E-state index contributed by atoms with van der Waals surface area (Å²) in [5.74, 6) is 0.476. The van der Waals surface area contributed by atoms with Crippen molar-refractivity contribution in [1.29, 1.82) is 0 Å². The molecule has 0 N–H and O–H groups in total. The van der Waals surface area contributed by atoms with E-state index in [9.17, 15) is 4.79 Å². The molecule has 0 amide bonds. The first-order chi connectivity index (χ1) is 7.95. The molecule has 2 nitrogen and oxygen atoms in total. The van der Waals surface area contributed by atoms with Gasteiger partial charge in [-0.1, -0.05) is 32.4 Å². The lowest BCUT2D eigenvalue weighted by Gasteiger charge is -2.58. The van der Waals surface area contributed by atoms with Gasteiger partial charge in [-0.2, -0.15) is 0 Å². The molecule has 0 aliphatic heterocycles. The Morgan fingerprint density at radius 3 is 2.76 bits per heavy atom. The van der Waals surface area contributed by atoms with Gasteiger partial charge >= 0.3 is 0 Å². The van der Waals surface area contributed by atoms with E-state index >= 15 is 0 Å². The molecule has 17 heavy (non-hydrogen) atoms. The fourth-order valence-corrected chi connectivity index (χ4v) is 4.12. The van der Waals surface area contributed by atoms with Crippen LogP contribution in [-0.2, 0) is 9.53 Å². The van der Waals surface area contributed by atoms with Gasteiger partial charge in [-0.05, 0) is 43.9 Å². The Bertz CT molecular complexity index is 347. The van der Waals surface area contributed by atoms with Gasteiger partial charge in [0.05, 0.1) is 0 Å². The van der Waals surface area contributed by atoms with Crippen molar-refractivity contribution in [2.24, 2.45) is 16.7 Å². The van der Waals surface area contributed by atoms with Gasteiger partial charge in [0.25, 0.3) is 6.47 Å². The summed E-state index contributed by atoms with van der Waals surface area (Å²) in [5, 5.41) is 0. The van der Waals surface area contributed by atoms with Crippen LogP contribution in [0.3, 0.4) is 0 Å². The highest BCUT2D eigenvalue weighted by Gasteiger charge is 2.56. The average molecular weight is 236 g/mol. The first-order valence-corrected chi connectivity index (χ1v) is 6.72. The molecule has 0 bridgehead atoms. The van der Waals surface area contributed by atoms with Crippen LogP contribution in [0.15, 0.2) is 11.6 Å². The molecule has 0 heterocycles. The fraction of sp³-hybridized carbons (Fsp3) is 0.800. The fourth-order valence-electron chi connectivity index (χ4n) is 4.12. The van der Waals surface area contributed by atoms with Crippen LogP contribution in [0.25, 0.3) is 0 Å². The van der Waals surface area contributed by atoms with E-state index in [-0.39, 0.29) is 16.9 Å². The summed E-state index contributed by atoms with van der Waals surface area (Å²) in [6.07, 6.45) is 7.05. The summed E-state index contributed by atoms with van der Waals surface area (Å²) >= 11 is 0. The van der Waals surface area contributed by atoms with E-state index in [1.807, 2.05) is 0 Å². The molecular weight excluding hydrogens is 212 g/mol. The van der Waals surface area contributed by atoms with Crippen molar-refractivity contribution in [3.8, 4) is 0 Å². The molecule has 96 valence electrons. The molecule has 0 saturated heterocycles. The van der Waals surface area contributed by atoms with Crippen molar-refractivity contribution < 1.29 is 9.53 Å². The summed E-state index contributed by atoms with van der Waals surface area (Å²) in [6, 6.07) is 0. The third-order valence-electron chi connectivity index (χ3n) is 5.69. The van der Waals surface area contributed by atoms with E-state index in [4.69, 9.17) is 4.74 Å². The van der Waals surface area contributed by atoms with Gasteiger partial charge in [-0.3, -0.25) is 4.79 Å². The predicted octanol–water partition coefficient (Wildman–Crippen LogP) is 3.71. The number of allylic oxidation sites excluding steroid dienone is 2. The summed E-state index contributed by atoms with van der Waals surface area (Å²) in [5.41, 5.74) is 1.79. The Hall–Kier alpha value is -0.790. The van der Waals surface area contributed by atoms with Crippen LogP contribution in [0.5, 0.6) is 0 Å². The van der Waals surface area contributed by atoms with Crippen molar-refractivity contribution in [3.63, 3.8) is 0 Å². The summed E-state index contributed by atoms with van der Waals surface area (Å²) in [6.45, 7) is 9.77. The second-order valence-corrected chi connectivity index (χ2v) is 6.34. The van der Waals surface area contributed by atoms with Gasteiger partial charge in [0.1, 0.15) is 6.10 Å². The molecule has 2 heteroatoms. The maximum Gasteiger partial charge on any atom is 0.293 e. The van der Waals surface area contributed by atoms with E-state index in [1.165, 1.54) is 12.0 Å². The molecular formula is C15H24O2. The SMILES string of the molecule is CC1=CCC[C@]2(C)[C@H](OC=O)[C@H](C)CC[C@@]12C. The highest BCUT2D eigenvalue weighted by atomic mass is 16.5. The zero-order valence-electron chi connectivity index (χ0n) is 11.5. The molecule has 2 aliphatic rings. The minimum Gasteiger partial charge on any atom is -0.464 e. The molecule has 0 radical (unpaired) electrons. The lowest BCUT2D eigenvalue weighted by atomic mass is 9.48. The normalized spacial score (nSPS) is 45.8. The molecule has 4 atom stereocenters. The van der Waals surface area contributed by atoms with Crippen LogP contribution < -0.4 is 0 Å². The molecule has 0 spiro atoms.